The van der Waals surface area contributed by atoms with E-state index in [0.717, 1.165) is 25.4 Å². The second-order valence-corrected chi connectivity index (χ2v) is 3.92. The van der Waals surface area contributed by atoms with Gasteiger partial charge in [-0.25, -0.2) is 0 Å². The molecule has 0 amide bonds. The lowest BCUT2D eigenvalue weighted by atomic mass is 9.86. The molecule has 0 radical (unpaired) electrons. The molecule has 2 rings (SSSR count). The molecule has 76 valence electrons. The van der Waals surface area contributed by atoms with E-state index in [4.69, 9.17) is 10.5 Å². The number of rotatable bonds is 4. The van der Waals surface area contributed by atoms with Crippen molar-refractivity contribution in [2.45, 2.75) is 0 Å². The van der Waals surface area contributed by atoms with Crippen LogP contribution in [0.2, 0.25) is 0 Å². The fourth-order valence-corrected chi connectivity index (χ4v) is 1.53. The van der Waals surface area contributed by atoms with Crippen molar-refractivity contribution < 1.29 is 4.74 Å². The molecule has 1 heterocycles. The molecule has 14 heavy (non-hydrogen) atoms. The van der Waals surface area contributed by atoms with Crippen LogP contribution in [0.1, 0.15) is 0 Å². The molecule has 1 aliphatic rings. The summed E-state index contributed by atoms with van der Waals surface area (Å²) in [7, 11) is 0. The predicted molar refractivity (Wildman–Crippen MR) is 57.2 cm³/mol. The highest BCUT2D eigenvalue weighted by Gasteiger charge is 2.36. The molecule has 3 nitrogen and oxygen atoms in total. The Bertz CT molecular complexity index is 277. The minimum Gasteiger partial charge on any atom is -0.384 e. The lowest BCUT2D eigenvalue weighted by molar-refractivity contribution is -0.0979. The molecule has 1 saturated heterocycles. The second kappa shape index (κ2) is 3.98. The summed E-state index contributed by atoms with van der Waals surface area (Å²) in [6.07, 6.45) is 0. The first-order valence-corrected chi connectivity index (χ1v) is 4.91. The van der Waals surface area contributed by atoms with Gasteiger partial charge in [0.25, 0.3) is 0 Å². The third-order valence-electron chi connectivity index (χ3n) is 2.69. The van der Waals surface area contributed by atoms with Crippen LogP contribution in [0.5, 0.6) is 0 Å². The first-order chi connectivity index (χ1) is 6.85. The Morgan fingerprint density at radius 1 is 1.29 bits per heavy atom. The molecule has 0 spiro atoms. The van der Waals surface area contributed by atoms with E-state index >= 15 is 0 Å². The van der Waals surface area contributed by atoms with Crippen molar-refractivity contribution in [3.63, 3.8) is 0 Å². The van der Waals surface area contributed by atoms with Crippen molar-refractivity contribution in [3.05, 3.63) is 30.3 Å². The van der Waals surface area contributed by atoms with Crippen LogP contribution in [-0.2, 0) is 4.74 Å². The number of nitrogens with two attached hydrogens (primary N) is 1. The standard InChI is InChI=1S/C11H16N2O/c12-6-11(8-14-9-11)7-13-10-4-2-1-3-5-10/h1-5,13H,6-9,12H2. The van der Waals surface area contributed by atoms with E-state index in [2.05, 4.69) is 17.4 Å². The van der Waals surface area contributed by atoms with Gasteiger partial charge in [-0.3, -0.25) is 0 Å². The molecule has 0 atom stereocenters. The molecule has 0 unspecified atom stereocenters. The average Bonchev–Trinajstić information content (AvgIpc) is 2.19. The maximum Gasteiger partial charge on any atom is 0.0574 e. The molecular weight excluding hydrogens is 176 g/mol. The Balaban J connectivity index is 1.88. The topological polar surface area (TPSA) is 47.3 Å². The van der Waals surface area contributed by atoms with Crippen LogP contribution in [0.25, 0.3) is 0 Å². The molecule has 1 fully saturated rings. The highest BCUT2D eigenvalue weighted by Crippen LogP contribution is 2.26. The van der Waals surface area contributed by atoms with Gasteiger partial charge in [0.05, 0.1) is 13.2 Å². The Morgan fingerprint density at radius 3 is 2.50 bits per heavy atom. The van der Waals surface area contributed by atoms with Gasteiger partial charge in [0.15, 0.2) is 0 Å². The van der Waals surface area contributed by atoms with Crippen LogP contribution in [0.4, 0.5) is 5.69 Å². The van der Waals surface area contributed by atoms with Crippen molar-refractivity contribution in [1.82, 2.24) is 0 Å². The van der Waals surface area contributed by atoms with Crippen molar-refractivity contribution in [2.75, 3.05) is 31.6 Å². The van der Waals surface area contributed by atoms with Gasteiger partial charge in [0.2, 0.25) is 0 Å². The fourth-order valence-electron chi connectivity index (χ4n) is 1.53. The van der Waals surface area contributed by atoms with Crippen molar-refractivity contribution in [2.24, 2.45) is 11.1 Å². The monoisotopic (exact) mass is 192 g/mol. The van der Waals surface area contributed by atoms with E-state index in [1.807, 2.05) is 18.2 Å². The second-order valence-electron chi connectivity index (χ2n) is 3.92. The van der Waals surface area contributed by atoms with Crippen molar-refractivity contribution in [1.29, 1.82) is 0 Å². The Morgan fingerprint density at radius 2 is 2.00 bits per heavy atom. The van der Waals surface area contributed by atoms with Crippen LogP contribution >= 0.6 is 0 Å². The predicted octanol–water partition coefficient (Wildman–Crippen LogP) is 1.07. The van der Waals surface area contributed by atoms with E-state index in [9.17, 15) is 0 Å². The van der Waals surface area contributed by atoms with Crippen LogP contribution in [0, 0.1) is 5.41 Å². The Labute approximate surface area is 84.3 Å². The van der Waals surface area contributed by atoms with Gasteiger partial charge in [-0.2, -0.15) is 0 Å². The SMILES string of the molecule is NCC1(CNc2ccccc2)COC1. The van der Waals surface area contributed by atoms with Gasteiger partial charge in [0.1, 0.15) is 0 Å². The summed E-state index contributed by atoms with van der Waals surface area (Å²) in [5.41, 5.74) is 7.02. The molecule has 0 aliphatic carbocycles. The average molecular weight is 192 g/mol. The summed E-state index contributed by atoms with van der Waals surface area (Å²) in [6, 6.07) is 10.2. The molecule has 1 aromatic rings. The van der Waals surface area contributed by atoms with Gasteiger partial charge in [0, 0.05) is 24.2 Å². The van der Waals surface area contributed by atoms with Crippen LogP contribution in [0.15, 0.2) is 30.3 Å². The molecule has 3 N–H and O–H groups in total. The van der Waals surface area contributed by atoms with Crippen LogP contribution in [-0.4, -0.2) is 26.3 Å². The zero-order valence-electron chi connectivity index (χ0n) is 8.20. The van der Waals surface area contributed by atoms with Gasteiger partial charge in [-0.1, -0.05) is 18.2 Å². The number of hydrogen-bond acceptors (Lipinski definition) is 3. The molecular formula is C11H16N2O. The maximum atomic E-state index is 5.71. The normalized spacial score (nSPS) is 18.6. The summed E-state index contributed by atoms with van der Waals surface area (Å²) in [4.78, 5) is 0. The number of hydrogen-bond donors (Lipinski definition) is 2. The number of nitrogens with one attached hydrogen (secondary N) is 1. The highest BCUT2D eigenvalue weighted by molar-refractivity contribution is 5.42. The third kappa shape index (κ3) is 1.89. The molecule has 0 aromatic heterocycles. The Hall–Kier alpha value is -1.06. The summed E-state index contributed by atoms with van der Waals surface area (Å²) in [5, 5.41) is 3.38. The minimum absolute atomic E-state index is 0.163. The largest absolute Gasteiger partial charge is 0.384 e. The third-order valence-corrected chi connectivity index (χ3v) is 2.69. The van der Waals surface area contributed by atoms with Gasteiger partial charge >= 0.3 is 0 Å². The van der Waals surface area contributed by atoms with E-state index in [1.54, 1.807) is 0 Å². The van der Waals surface area contributed by atoms with Gasteiger partial charge < -0.3 is 15.8 Å². The summed E-state index contributed by atoms with van der Waals surface area (Å²) in [5.74, 6) is 0. The van der Waals surface area contributed by atoms with Crippen molar-refractivity contribution >= 4 is 5.69 Å². The zero-order valence-corrected chi connectivity index (χ0v) is 8.20. The summed E-state index contributed by atoms with van der Waals surface area (Å²) >= 11 is 0. The minimum atomic E-state index is 0.163. The molecule has 0 bridgehead atoms. The fraction of sp³-hybridized carbons (Fsp3) is 0.455. The zero-order chi connectivity index (χ0) is 9.86. The van der Waals surface area contributed by atoms with E-state index in [1.165, 1.54) is 0 Å². The lowest BCUT2D eigenvalue weighted by Gasteiger charge is -2.40. The van der Waals surface area contributed by atoms with E-state index < -0.39 is 0 Å². The first-order valence-electron chi connectivity index (χ1n) is 4.91. The number of anilines is 1. The van der Waals surface area contributed by atoms with E-state index in [0.29, 0.717) is 6.54 Å². The van der Waals surface area contributed by atoms with Crippen LogP contribution in [0.3, 0.4) is 0 Å². The first kappa shape index (κ1) is 9.49. The number of ether oxygens (including phenoxy) is 1. The quantitative estimate of drug-likeness (QED) is 0.750. The van der Waals surface area contributed by atoms with Gasteiger partial charge in [-0.05, 0) is 12.1 Å². The Kier molecular flexibility index (Phi) is 2.70. The smallest absolute Gasteiger partial charge is 0.0574 e. The van der Waals surface area contributed by atoms with Gasteiger partial charge in [-0.15, -0.1) is 0 Å². The summed E-state index contributed by atoms with van der Waals surface area (Å²) < 4.78 is 5.20. The van der Waals surface area contributed by atoms with E-state index in [-0.39, 0.29) is 5.41 Å². The molecule has 1 aromatic carbocycles. The highest BCUT2D eigenvalue weighted by atomic mass is 16.5. The number of para-hydroxylation sites is 1. The molecule has 3 heteroatoms. The molecule has 1 aliphatic heterocycles. The summed E-state index contributed by atoms with van der Waals surface area (Å²) in [6.45, 7) is 3.15. The molecule has 0 saturated carbocycles. The lowest BCUT2D eigenvalue weighted by Crippen LogP contribution is -2.52. The van der Waals surface area contributed by atoms with Crippen LogP contribution < -0.4 is 11.1 Å². The number of benzene rings is 1. The van der Waals surface area contributed by atoms with Crippen molar-refractivity contribution in [3.8, 4) is 0 Å². The maximum absolute atomic E-state index is 5.71.